The Morgan fingerprint density at radius 2 is 2.12 bits per heavy atom. The van der Waals surface area contributed by atoms with Crippen molar-refractivity contribution in [1.29, 1.82) is 0 Å². The zero-order valence-electron chi connectivity index (χ0n) is 10.4. The molecule has 1 rings (SSSR count). The van der Waals surface area contributed by atoms with Crippen molar-refractivity contribution in [3.63, 3.8) is 0 Å². The predicted octanol–water partition coefficient (Wildman–Crippen LogP) is 3.76. The molecular weight excluding hydrogens is 282 g/mol. The molecule has 1 unspecified atom stereocenters. The molecule has 0 aromatic heterocycles. The first kappa shape index (κ1) is 14.0. The molecule has 0 bridgehead atoms. The van der Waals surface area contributed by atoms with E-state index in [4.69, 9.17) is 10.5 Å². The molecule has 4 heteroatoms. The van der Waals surface area contributed by atoms with Crippen LogP contribution in [0.5, 0.6) is 0 Å². The maximum absolute atomic E-state index is 10.5. The zero-order chi connectivity index (χ0) is 13.1. The number of ether oxygens (including phenoxy) is 1. The minimum absolute atomic E-state index is 0.128. The fourth-order valence-corrected chi connectivity index (χ4v) is 1.78. The van der Waals surface area contributed by atoms with Gasteiger partial charge in [0.2, 0.25) is 0 Å². The van der Waals surface area contributed by atoms with Gasteiger partial charge in [0.1, 0.15) is 6.61 Å². The van der Waals surface area contributed by atoms with Crippen LogP contribution in [-0.2, 0) is 11.3 Å². The topological polar surface area (TPSA) is 52.3 Å². The standard InChI is InChI=1S/C13H18BrNO2/c1-13(2,3)11(14)10-6-4-5-9(7-10)8-17-12(15)16/h4-7,11H,8H2,1-3H3,(H2,15,16). The highest BCUT2D eigenvalue weighted by molar-refractivity contribution is 9.09. The van der Waals surface area contributed by atoms with Crippen molar-refractivity contribution in [2.75, 3.05) is 0 Å². The average Bonchev–Trinajstić information content (AvgIpc) is 2.24. The number of carbonyl (C=O) groups excluding carboxylic acids is 1. The van der Waals surface area contributed by atoms with E-state index < -0.39 is 6.09 Å². The van der Waals surface area contributed by atoms with Crippen molar-refractivity contribution < 1.29 is 9.53 Å². The predicted molar refractivity (Wildman–Crippen MR) is 71.9 cm³/mol. The van der Waals surface area contributed by atoms with Crippen LogP contribution in [0.2, 0.25) is 0 Å². The number of hydrogen-bond donors (Lipinski definition) is 1. The van der Waals surface area contributed by atoms with Crippen LogP contribution in [0.15, 0.2) is 24.3 Å². The molecule has 17 heavy (non-hydrogen) atoms. The molecule has 0 aliphatic rings. The van der Waals surface area contributed by atoms with Gasteiger partial charge in [-0.15, -0.1) is 0 Å². The van der Waals surface area contributed by atoms with E-state index in [0.29, 0.717) is 0 Å². The molecule has 1 atom stereocenters. The Kier molecular flexibility index (Phi) is 4.57. The third-order valence-electron chi connectivity index (χ3n) is 2.39. The highest BCUT2D eigenvalue weighted by Gasteiger charge is 2.23. The lowest BCUT2D eigenvalue weighted by molar-refractivity contribution is 0.150. The lowest BCUT2D eigenvalue weighted by Crippen LogP contribution is -2.14. The van der Waals surface area contributed by atoms with E-state index in [0.717, 1.165) is 5.56 Å². The molecule has 3 nitrogen and oxygen atoms in total. The van der Waals surface area contributed by atoms with E-state index in [-0.39, 0.29) is 16.8 Å². The van der Waals surface area contributed by atoms with Gasteiger partial charge in [-0.2, -0.15) is 0 Å². The zero-order valence-corrected chi connectivity index (χ0v) is 12.0. The van der Waals surface area contributed by atoms with Crippen molar-refractivity contribution >= 4 is 22.0 Å². The quantitative estimate of drug-likeness (QED) is 0.864. The molecule has 0 saturated heterocycles. The van der Waals surface area contributed by atoms with Crippen molar-refractivity contribution in [3.05, 3.63) is 35.4 Å². The Hall–Kier alpha value is -1.03. The number of hydrogen-bond acceptors (Lipinski definition) is 2. The first-order chi connectivity index (χ1) is 7.80. The molecule has 94 valence electrons. The van der Waals surface area contributed by atoms with Crippen molar-refractivity contribution in [2.45, 2.75) is 32.2 Å². The molecule has 0 fully saturated rings. The van der Waals surface area contributed by atoms with Crippen LogP contribution >= 0.6 is 15.9 Å². The van der Waals surface area contributed by atoms with E-state index in [1.165, 1.54) is 5.56 Å². The second-order valence-corrected chi connectivity index (χ2v) is 6.00. The van der Waals surface area contributed by atoms with E-state index in [1.54, 1.807) is 0 Å². The maximum Gasteiger partial charge on any atom is 0.404 e. The van der Waals surface area contributed by atoms with Gasteiger partial charge in [0, 0.05) is 4.83 Å². The van der Waals surface area contributed by atoms with Crippen LogP contribution < -0.4 is 5.73 Å². The van der Waals surface area contributed by atoms with Gasteiger partial charge in [0.05, 0.1) is 0 Å². The van der Waals surface area contributed by atoms with Gasteiger partial charge in [-0.05, 0) is 16.5 Å². The van der Waals surface area contributed by atoms with E-state index >= 15 is 0 Å². The summed E-state index contributed by atoms with van der Waals surface area (Å²) in [5.41, 5.74) is 7.17. The van der Waals surface area contributed by atoms with Gasteiger partial charge < -0.3 is 10.5 Å². The van der Waals surface area contributed by atoms with Gasteiger partial charge in [-0.25, -0.2) is 4.79 Å². The molecule has 1 amide bonds. The number of rotatable bonds is 3. The minimum Gasteiger partial charge on any atom is -0.445 e. The molecule has 0 saturated carbocycles. The molecule has 0 spiro atoms. The Morgan fingerprint density at radius 1 is 1.47 bits per heavy atom. The maximum atomic E-state index is 10.5. The van der Waals surface area contributed by atoms with Gasteiger partial charge in [0.25, 0.3) is 0 Å². The SMILES string of the molecule is CC(C)(C)C(Br)c1cccc(COC(N)=O)c1. The number of primary amides is 1. The number of halogens is 1. The molecule has 2 N–H and O–H groups in total. The van der Waals surface area contributed by atoms with Crippen LogP contribution in [0.3, 0.4) is 0 Å². The molecule has 1 aromatic carbocycles. The Labute approximate surface area is 110 Å². The third kappa shape index (κ3) is 4.38. The van der Waals surface area contributed by atoms with Crippen molar-refractivity contribution in [2.24, 2.45) is 11.1 Å². The van der Waals surface area contributed by atoms with Crippen molar-refractivity contribution in [1.82, 2.24) is 0 Å². The monoisotopic (exact) mass is 299 g/mol. The Morgan fingerprint density at radius 3 is 2.65 bits per heavy atom. The molecular formula is C13H18BrNO2. The first-order valence-corrected chi connectivity index (χ1v) is 6.37. The highest BCUT2D eigenvalue weighted by atomic mass is 79.9. The van der Waals surface area contributed by atoms with Crippen molar-refractivity contribution in [3.8, 4) is 0 Å². The van der Waals surface area contributed by atoms with Crippen LogP contribution in [0.4, 0.5) is 4.79 Å². The summed E-state index contributed by atoms with van der Waals surface area (Å²) in [5.74, 6) is 0. The minimum atomic E-state index is -0.749. The van der Waals surface area contributed by atoms with Gasteiger partial charge in [-0.1, -0.05) is 61.0 Å². The smallest absolute Gasteiger partial charge is 0.404 e. The Bertz CT molecular complexity index is 399. The van der Waals surface area contributed by atoms with Crippen LogP contribution in [-0.4, -0.2) is 6.09 Å². The van der Waals surface area contributed by atoms with Gasteiger partial charge >= 0.3 is 6.09 Å². The van der Waals surface area contributed by atoms with Gasteiger partial charge in [-0.3, -0.25) is 0 Å². The van der Waals surface area contributed by atoms with Crippen LogP contribution in [0.25, 0.3) is 0 Å². The lowest BCUT2D eigenvalue weighted by atomic mass is 9.87. The summed E-state index contributed by atoms with van der Waals surface area (Å²) in [6.07, 6.45) is -0.749. The van der Waals surface area contributed by atoms with Crippen LogP contribution in [0.1, 0.15) is 36.7 Å². The summed E-state index contributed by atoms with van der Waals surface area (Å²) in [6.45, 7) is 6.71. The summed E-state index contributed by atoms with van der Waals surface area (Å²) in [5, 5.41) is 0. The molecule has 1 aromatic rings. The summed E-state index contributed by atoms with van der Waals surface area (Å²) < 4.78 is 4.77. The average molecular weight is 300 g/mol. The van der Waals surface area contributed by atoms with E-state index in [2.05, 4.69) is 42.8 Å². The Balaban J connectivity index is 2.82. The second-order valence-electron chi connectivity index (χ2n) is 5.08. The van der Waals surface area contributed by atoms with E-state index in [1.807, 2.05) is 18.2 Å². The summed E-state index contributed by atoms with van der Waals surface area (Å²) in [4.78, 5) is 10.8. The van der Waals surface area contributed by atoms with E-state index in [9.17, 15) is 4.79 Å². The number of amides is 1. The molecule has 0 radical (unpaired) electrons. The first-order valence-electron chi connectivity index (χ1n) is 5.46. The van der Waals surface area contributed by atoms with Crippen LogP contribution in [0, 0.1) is 5.41 Å². The number of alkyl halides is 1. The molecule has 0 aliphatic heterocycles. The normalized spacial score (nSPS) is 13.2. The summed E-state index contributed by atoms with van der Waals surface area (Å²) in [7, 11) is 0. The fourth-order valence-electron chi connectivity index (χ4n) is 1.50. The molecule has 0 aliphatic carbocycles. The second kappa shape index (κ2) is 5.54. The number of carbonyl (C=O) groups is 1. The fraction of sp³-hybridized carbons (Fsp3) is 0.462. The largest absolute Gasteiger partial charge is 0.445 e. The highest BCUT2D eigenvalue weighted by Crippen LogP contribution is 2.40. The van der Waals surface area contributed by atoms with Gasteiger partial charge in [0.15, 0.2) is 0 Å². The summed E-state index contributed by atoms with van der Waals surface area (Å²) in [6, 6.07) is 7.94. The number of nitrogens with two attached hydrogens (primary N) is 1. The summed E-state index contributed by atoms with van der Waals surface area (Å²) >= 11 is 3.69. The third-order valence-corrected chi connectivity index (χ3v) is 4.29. The number of benzene rings is 1. The lowest BCUT2D eigenvalue weighted by Gasteiger charge is -2.26. The molecule has 0 heterocycles.